The smallest absolute Gasteiger partial charge is 0.0702 e. The first kappa shape index (κ1) is 13.3. The average molecular weight is 280 g/mol. The van der Waals surface area contributed by atoms with Gasteiger partial charge in [0.25, 0.3) is 0 Å². The minimum absolute atomic E-state index is 0.450. The number of hydrogen-bond donors (Lipinski definition) is 1. The number of pyridine rings is 1. The van der Waals surface area contributed by atoms with Gasteiger partial charge in [-0.3, -0.25) is 4.98 Å². The normalized spacial score (nSPS) is 29.1. The Morgan fingerprint density at radius 1 is 1.24 bits per heavy atom. The molecule has 0 saturated heterocycles. The van der Waals surface area contributed by atoms with Gasteiger partial charge in [0.2, 0.25) is 0 Å². The fraction of sp³-hybridized carbons (Fsp3) is 0.526. The van der Waals surface area contributed by atoms with Gasteiger partial charge >= 0.3 is 0 Å². The summed E-state index contributed by atoms with van der Waals surface area (Å²) in [6, 6.07) is 11.2. The molecule has 2 aliphatic carbocycles. The Morgan fingerprint density at radius 3 is 2.90 bits per heavy atom. The van der Waals surface area contributed by atoms with E-state index in [0.717, 1.165) is 23.3 Å². The van der Waals surface area contributed by atoms with Crippen LogP contribution in [0.5, 0.6) is 0 Å². The molecule has 0 radical (unpaired) electrons. The van der Waals surface area contributed by atoms with Crippen LogP contribution in [0.4, 0.5) is 0 Å². The Labute approximate surface area is 127 Å². The summed E-state index contributed by atoms with van der Waals surface area (Å²) in [5.41, 5.74) is 2.44. The van der Waals surface area contributed by atoms with Gasteiger partial charge in [-0.25, -0.2) is 0 Å². The summed E-state index contributed by atoms with van der Waals surface area (Å²) < 4.78 is 0. The number of hydrogen-bond acceptors (Lipinski definition) is 2. The van der Waals surface area contributed by atoms with E-state index < -0.39 is 0 Å². The predicted octanol–water partition coefficient (Wildman–Crippen LogP) is 4.32. The van der Waals surface area contributed by atoms with Crippen molar-refractivity contribution in [2.45, 2.75) is 38.1 Å². The third-order valence-corrected chi connectivity index (χ3v) is 5.79. The highest BCUT2D eigenvalue weighted by Gasteiger charge is 2.40. The molecule has 0 spiro atoms. The molecule has 2 heteroatoms. The van der Waals surface area contributed by atoms with Gasteiger partial charge in [-0.2, -0.15) is 0 Å². The lowest BCUT2D eigenvalue weighted by Crippen LogP contribution is -2.22. The highest BCUT2D eigenvalue weighted by Crippen LogP contribution is 2.50. The van der Waals surface area contributed by atoms with Gasteiger partial charge in [-0.15, -0.1) is 0 Å². The fourth-order valence-corrected chi connectivity index (χ4v) is 4.67. The zero-order chi connectivity index (χ0) is 14.2. The van der Waals surface area contributed by atoms with Gasteiger partial charge in [0.1, 0.15) is 0 Å². The first-order valence-corrected chi connectivity index (χ1v) is 8.35. The summed E-state index contributed by atoms with van der Waals surface area (Å²) in [5, 5.41) is 4.78. The number of nitrogens with zero attached hydrogens (tertiary/aromatic N) is 1. The third kappa shape index (κ3) is 2.46. The van der Waals surface area contributed by atoms with E-state index in [1.165, 1.54) is 43.1 Å². The van der Waals surface area contributed by atoms with Gasteiger partial charge in [0.15, 0.2) is 0 Å². The van der Waals surface area contributed by atoms with Crippen molar-refractivity contribution in [2.75, 3.05) is 7.05 Å². The van der Waals surface area contributed by atoms with Gasteiger partial charge in [0, 0.05) is 17.6 Å². The fourth-order valence-electron chi connectivity index (χ4n) is 4.67. The van der Waals surface area contributed by atoms with Crippen LogP contribution in [0.1, 0.15) is 43.7 Å². The van der Waals surface area contributed by atoms with Gasteiger partial charge in [0.05, 0.1) is 5.52 Å². The van der Waals surface area contributed by atoms with Gasteiger partial charge in [-0.05, 0) is 68.2 Å². The van der Waals surface area contributed by atoms with Crippen molar-refractivity contribution < 1.29 is 0 Å². The van der Waals surface area contributed by atoms with Crippen LogP contribution in [0.15, 0.2) is 36.5 Å². The van der Waals surface area contributed by atoms with Crippen molar-refractivity contribution in [2.24, 2.45) is 17.8 Å². The first-order valence-electron chi connectivity index (χ1n) is 8.35. The molecule has 2 aliphatic rings. The molecule has 0 aliphatic heterocycles. The first-order chi connectivity index (χ1) is 10.3. The summed E-state index contributed by atoms with van der Waals surface area (Å²) in [4.78, 5) is 4.63. The highest BCUT2D eigenvalue weighted by molar-refractivity contribution is 5.78. The van der Waals surface area contributed by atoms with Crippen LogP contribution in [0.25, 0.3) is 10.9 Å². The number of rotatable bonds is 4. The second-order valence-electron chi connectivity index (χ2n) is 6.97. The molecule has 2 fully saturated rings. The molecule has 1 aromatic carbocycles. The third-order valence-electron chi connectivity index (χ3n) is 5.79. The number of fused-ring (bicyclic) bond motifs is 3. The van der Waals surface area contributed by atoms with Crippen LogP contribution in [0.3, 0.4) is 0 Å². The average Bonchev–Trinajstić information content (AvgIpc) is 3.15. The summed E-state index contributed by atoms with van der Waals surface area (Å²) in [6.07, 6.45) is 9.26. The van der Waals surface area contributed by atoms with Gasteiger partial charge in [-0.1, -0.05) is 24.6 Å². The second kappa shape index (κ2) is 5.42. The van der Waals surface area contributed by atoms with Crippen LogP contribution in [0, 0.1) is 17.8 Å². The Morgan fingerprint density at radius 2 is 2.14 bits per heavy atom. The monoisotopic (exact) mass is 280 g/mol. The molecule has 2 bridgehead atoms. The maximum absolute atomic E-state index is 4.63. The zero-order valence-electron chi connectivity index (χ0n) is 12.8. The Kier molecular flexibility index (Phi) is 3.42. The van der Waals surface area contributed by atoms with Gasteiger partial charge < -0.3 is 5.32 Å². The molecule has 1 heterocycles. The standard InChI is InChI=1S/C19H24N2/c1-20-19(11-16-9-13-6-7-14(16)8-13)17-10-15-4-2-3-5-18(15)21-12-17/h2-5,10,12-14,16,19-20H,6-9,11H2,1H3. The Bertz CT molecular complexity index is 636. The number of para-hydroxylation sites is 1. The topological polar surface area (TPSA) is 24.9 Å². The molecule has 110 valence electrons. The lowest BCUT2D eigenvalue weighted by molar-refractivity contribution is 0.284. The molecule has 1 aromatic heterocycles. The van der Waals surface area contributed by atoms with Crippen molar-refractivity contribution >= 4 is 10.9 Å². The molecule has 1 N–H and O–H groups in total. The molecular weight excluding hydrogens is 256 g/mol. The van der Waals surface area contributed by atoms with Crippen LogP contribution in [0.2, 0.25) is 0 Å². The van der Waals surface area contributed by atoms with E-state index in [1.54, 1.807) is 0 Å². The van der Waals surface area contributed by atoms with Crippen molar-refractivity contribution in [1.29, 1.82) is 0 Å². The number of nitrogens with one attached hydrogen (secondary N) is 1. The van der Waals surface area contributed by atoms with E-state index in [2.05, 4.69) is 53.9 Å². The van der Waals surface area contributed by atoms with Crippen molar-refractivity contribution in [1.82, 2.24) is 10.3 Å². The molecule has 0 amide bonds. The van der Waals surface area contributed by atoms with E-state index in [0.29, 0.717) is 6.04 Å². The molecule has 2 saturated carbocycles. The largest absolute Gasteiger partial charge is 0.313 e. The quantitative estimate of drug-likeness (QED) is 0.902. The molecule has 4 unspecified atom stereocenters. The van der Waals surface area contributed by atoms with Crippen LogP contribution < -0.4 is 5.32 Å². The van der Waals surface area contributed by atoms with Crippen molar-refractivity contribution in [3.8, 4) is 0 Å². The summed E-state index contributed by atoms with van der Waals surface area (Å²) in [7, 11) is 2.09. The summed E-state index contributed by atoms with van der Waals surface area (Å²) in [5.74, 6) is 2.96. The maximum atomic E-state index is 4.63. The van der Waals surface area contributed by atoms with Crippen molar-refractivity contribution in [3.63, 3.8) is 0 Å². The van der Waals surface area contributed by atoms with E-state index in [4.69, 9.17) is 0 Å². The minimum atomic E-state index is 0.450. The lowest BCUT2D eigenvalue weighted by atomic mass is 9.83. The molecule has 2 aromatic rings. The zero-order valence-corrected chi connectivity index (χ0v) is 12.8. The van der Waals surface area contributed by atoms with E-state index in [9.17, 15) is 0 Å². The minimum Gasteiger partial charge on any atom is -0.313 e. The Hall–Kier alpha value is -1.41. The molecule has 4 rings (SSSR count). The Balaban J connectivity index is 1.56. The molecule has 2 nitrogen and oxygen atoms in total. The predicted molar refractivity (Wildman–Crippen MR) is 87.1 cm³/mol. The van der Waals surface area contributed by atoms with E-state index in [-0.39, 0.29) is 0 Å². The van der Waals surface area contributed by atoms with E-state index >= 15 is 0 Å². The summed E-state index contributed by atoms with van der Waals surface area (Å²) in [6.45, 7) is 0. The molecule has 21 heavy (non-hydrogen) atoms. The van der Waals surface area contributed by atoms with Crippen molar-refractivity contribution in [3.05, 3.63) is 42.1 Å². The second-order valence-corrected chi connectivity index (χ2v) is 6.97. The van der Waals surface area contributed by atoms with Crippen LogP contribution >= 0.6 is 0 Å². The summed E-state index contributed by atoms with van der Waals surface area (Å²) >= 11 is 0. The number of benzene rings is 1. The highest BCUT2D eigenvalue weighted by atomic mass is 14.9. The van der Waals surface area contributed by atoms with E-state index in [1.807, 2.05) is 0 Å². The molecule has 4 atom stereocenters. The maximum Gasteiger partial charge on any atom is 0.0702 e. The lowest BCUT2D eigenvalue weighted by Gasteiger charge is -2.26. The number of aromatic nitrogens is 1. The SMILES string of the molecule is CNC(CC1CC2CCC1C2)c1cnc2ccccc2c1. The molecular formula is C19H24N2. The van der Waals surface area contributed by atoms with Crippen LogP contribution in [-0.2, 0) is 0 Å². The van der Waals surface area contributed by atoms with Crippen LogP contribution in [-0.4, -0.2) is 12.0 Å².